The van der Waals surface area contributed by atoms with Gasteiger partial charge in [0.15, 0.2) is 0 Å². The molecule has 0 aromatic heterocycles. The van der Waals surface area contributed by atoms with Crippen LogP contribution >= 0.6 is 0 Å². The minimum atomic E-state index is -0.322. The van der Waals surface area contributed by atoms with Gasteiger partial charge in [-0.05, 0) is 36.2 Å². The SMILES string of the molecule is CCCCC(=O)O/N=C/c1ccc(O)cc1. The van der Waals surface area contributed by atoms with E-state index in [2.05, 4.69) is 9.99 Å². The Morgan fingerprint density at radius 1 is 1.44 bits per heavy atom. The van der Waals surface area contributed by atoms with Gasteiger partial charge in [-0.3, -0.25) is 0 Å². The van der Waals surface area contributed by atoms with Crippen LogP contribution in [0.25, 0.3) is 0 Å². The number of unbranched alkanes of at least 4 members (excludes halogenated alkanes) is 1. The number of phenolic OH excluding ortho intramolecular Hbond substituents is 1. The van der Waals surface area contributed by atoms with E-state index in [-0.39, 0.29) is 11.7 Å². The van der Waals surface area contributed by atoms with Crippen molar-refractivity contribution in [3.05, 3.63) is 29.8 Å². The van der Waals surface area contributed by atoms with E-state index < -0.39 is 0 Å². The molecule has 0 aliphatic carbocycles. The highest BCUT2D eigenvalue weighted by Crippen LogP contribution is 2.07. The quantitative estimate of drug-likeness (QED) is 0.472. The summed E-state index contributed by atoms with van der Waals surface area (Å²) in [5.74, 6) is -0.131. The van der Waals surface area contributed by atoms with Crippen molar-refractivity contribution < 1.29 is 14.7 Å². The number of hydrogen-bond acceptors (Lipinski definition) is 4. The Balaban J connectivity index is 2.37. The molecular formula is C12H15NO3. The molecule has 0 heterocycles. The molecule has 1 aromatic carbocycles. The van der Waals surface area contributed by atoms with Crippen molar-refractivity contribution in [2.24, 2.45) is 5.16 Å². The van der Waals surface area contributed by atoms with Crippen molar-refractivity contribution in [3.63, 3.8) is 0 Å². The second-order valence-corrected chi connectivity index (χ2v) is 3.39. The first-order chi connectivity index (χ1) is 7.72. The second-order valence-electron chi connectivity index (χ2n) is 3.39. The Kier molecular flexibility index (Phi) is 5.05. The highest BCUT2D eigenvalue weighted by molar-refractivity contribution is 5.80. The molecule has 4 nitrogen and oxygen atoms in total. The molecule has 0 aliphatic rings. The van der Waals surface area contributed by atoms with E-state index in [1.165, 1.54) is 6.21 Å². The van der Waals surface area contributed by atoms with Crippen molar-refractivity contribution in [2.45, 2.75) is 26.2 Å². The molecule has 16 heavy (non-hydrogen) atoms. The van der Waals surface area contributed by atoms with Crippen molar-refractivity contribution in [1.82, 2.24) is 0 Å². The van der Waals surface area contributed by atoms with Crippen molar-refractivity contribution in [2.75, 3.05) is 0 Å². The predicted octanol–water partition coefficient (Wildman–Crippen LogP) is 2.46. The topological polar surface area (TPSA) is 58.9 Å². The minimum absolute atomic E-state index is 0.192. The lowest BCUT2D eigenvalue weighted by Crippen LogP contribution is -1.99. The molecule has 0 saturated carbocycles. The molecular weight excluding hydrogens is 206 g/mol. The summed E-state index contributed by atoms with van der Waals surface area (Å²) in [6.45, 7) is 2.01. The number of oxime groups is 1. The molecule has 1 rings (SSSR count). The van der Waals surface area contributed by atoms with E-state index in [0.29, 0.717) is 6.42 Å². The Hall–Kier alpha value is -1.84. The third kappa shape index (κ3) is 4.59. The second kappa shape index (κ2) is 6.61. The number of phenols is 1. The summed E-state index contributed by atoms with van der Waals surface area (Å²) in [6, 6.07) is 6.44. The van der Waals surface area contributed by atoms with Crippen LogP contribution in [0, 0.1) is 0 Å². The van der Waals surface area contributed by atoms with Gasteiger partial charge in [0.1, 0.15) is 5.75 Å². The maximum atomic E-state index is 11.1. The number of carbonyl (C=O) groups excluding carboxylic acids is 1. The Morgan fingerprint density at radius 2 is 2.12 bits per heavy atom. The van der Waals surface area contributed by atoms with Gasteiger partial charge in [-0.15, -0.1) is 0 Å². The van der Waals surface area contributed by atoms with Gasteiger partial charge >= 0.3 is 5.97 Å². The van der Waals surface area contributed by atoms with Crippen LogP contribution in [-0.4, -0.2) is 17.3 Å². The van der Waals surface area contributed by atoms with E-state index in [4.69, 9.17) is 5.11 Å². The van der Waals surface area contributed by atoms with Crippen LogP contribution in [0.5, 0.6) is 5.75 Å². The van der Waals surface area contributed by atoms with E-state index in [0.717, 1.165) is 18.4 Å². The third-order valence-electron chi connectivity index (χ3n) is 1.98. The molecule has 0 spiro atoms. The molecule has 0 bridgehead atoms. The summed E-state index contributed by atoms with van der Waals surface area (Å²) in [5, 5.41) is 12.6. The first kappa shape index (κ1) is 12.2. The van der Waals surface area contributed by atoms with Crippen LogP contribution in [0.15, 0.2) is 29.4 Å². The van der Waals surface area contributed by atoms with Crippen LogP contribution in [0.1, 0.15) is 31.7 Å². The van der Waals surface area contributed by atoms with Crippen LogP contribution in [0.4, 0.5) is 0 Å². The van der Waals surface area contributed by atoms with Gasteiger partial charge in [0.25, 0.3) is 0 Å². The number of carbonyl (C=O) groups is 1. The first-order valence-electron chi connectivity index (χ1n) is 5.24. The van der Waals surface area contributed by atoms with Crippen molar-refractivity contribution >= 4 is 12.2 Å². The molecule has 1 aromatic rings. The van der Waals surface area contributed by atoms with Gasteiger partial charge in [-0.1, -0.05) is 18.5 Å². The van der Waals surface area contributed by atoms with E-state index in [1.54, 1.807) is 24.3 Å². The fourth-order valence-corrected chi connectivity index (χ4v) is 1.07. The molecule has 0 saturated heterocycles. The van der Waals surface area contributed by atoms with Crippen molar-refractivity contribution in [3.8, 4) is 5.75 Å². The zero-order valence-corrected chi connectivity index (χ0v) is 9.22. The highest BCUT2D eigenvalue weighted by Gasteiger charge is 1.99. The molecule has 0 fully saturated rings. The van der Waals surface area contributed by atoms with E-state index >= 15 is 0 Å². The maximum Gasteiger partial charge on any atom is 0.335 e. The zero-order valence-electron chi connectivity index (χ0n) is 9.22. The average Bonchev–Trinajstić information content (AvgIpc) is 2.29. The van der Waals surface area contributed by atoms with Crippen molar-refractivity contribution in [1.29, 1.82) is 0 Å². The average molecular weight is 221 g/mol. The summed E-state index contributed by atoms with van der Waals surface area (Å²) in [4.78, 5) is 15.7. The number of aromatic hydroxyl groups is 1. The van der Waals surface area contributed by atoms with Gasteiger partial charge in [-0.25, -0.2) is 4.79 Å². The lowest BCUT2D eigenvalue weighted by molar-refractivity contribution is -0.143. The Bertz CT molecular complexity index is 357. The number of hydrogen-bond donors (Lipinski definition) is 1. The Morgan fingerprint density at radius 3 is 2.75 bits per heavy atom. The Labute approximate surface area is 94.5 Å². The maximum absolute atomic E-state index is 11.1. The molecule has 0 amide bonds. The van der Waals surface area contributed by atoms with Gasteiger partial charge < -0.3 is 9.94 Å². The summed E-state index contributed by atoms with van der Waals surface area (Å²) in [5.41, 5.74) is 0.765. The lowest BCUT2D eigenvalue weighted by atomic mass is 10.2. The molecule has 1 N–H and O–H groups in total. The summed E-state index contributed by atoms with van der Waals surface area (Å²) < 4.78 is 0. The molecule has 0 atom stereocenters. The molecule has 0 radical (unpaired) electrons. The normalized spacial score (nSPS) is 10.6. The summed E-state index contributed by atoms with van der Waals surface area (Å²) in [6.07, 6.45) is 3.59. The summed E-state index contributed by atoms with van der Waals surface area (Å²) >= 11 is 0. The van der Waals surface area contributed by atoms with Crippen LogP contribution in [0.2, 0.25) is 0 Å². The predicted molar refractivity (Wildman–Crippen MR) is 61.3 cm³/mol. The smallest absolute Gasteiger partial charge is 0.335 e. The van der Waals surface area contributed by atoms with Gasteiger partial charge in [0.2, 0.25) is 0 Å². The molecule has 0 unspecified atom stereocenters. The van der Waals surface area contributed by atoms with Crippen LogP contribution in [0.3, 0.4) is 0 Å². The first-order valence-corrected chi connectivity index (χ1v) is 5.24. The highest BCUT2D eigenvalue weighted by atomic mass is 16.7. The molecule has 86 valence electrons. The molecule has 4 heteroatoms. The number of benzene rings is 1. The van der Waals surface area contributed by atoms with Crippen LogP contribution in [-0.2, 0) is 9.63 Å². The lowest BCUT2D eigenvalue weighted by Gasteiger charge is -1.96. The van der Waals surface area contributed by atoms with Gasteiger partial charge in [0, 0.05) is 6.42 Å². The number of nitrogens with zero attached hydrogens (tertiary/aromatic N) is 1. The van der Waals surface area contributed by atoms with Gasteiger partial charge in [0.05, 0.1) is 6.21 Å². The number of rotatable bonds is 5. The monoisotopic (exact) mass is 221 g/mol. The minimum Gasteiger partial charge on any atom is -0.508 e. The largest absolute Gasteiger partial charge is 0.508 e. The van der Waals surface area contributed by atoms with Gasteiger partial charge in [-0.2, -0.15) is 0 Å². The fraction of sp³-hybridized carbons (Fsp3) is 0.333. The molecule has 0 aliphatic heterocycles. The van der Waals surface area contributed by atoms with E-state index in [1.807, 2.05) is 6.92 Å². The fourth-order valence-electron chi connectivity index (χ4n) is 1.07. The van der Waals surface area contributed by atoms with Crippen LogP contribution < -0.4 is 0 Å². The summed E-state index contributed by atoms with van der Waals surface area (Å²) in [7, 11) is 0. The zero-order chi connectivity index (χ0) is 11.8. The third-order valence-corrected chi connectivity index (χ3v) is 1.98. The van der Waals surface area contributed by atoms with E-state index in [9.17, 15) is 4.79 Å². The standard InChI is InChI=1S/C12H15NO3/c1-2-3-4-12(15)16-13-9-10-5-7-11(14)8-6-10/h5-9,14H,2-4H2,1H3/b13-9+.